The van der Waals surface area contributed by atoms with Gasteiger partial charge in [-0.05, 0) is 37.1 Å². The molecule has 0 bridgehead atoms. The first-order valence-electron chi connectivity index (χ1n) is 4.40. The first kappa shape index (κ1) is 11.7. The van der Waals surface area contributed by atoms with Crippen molar-refractivity contribution in [2.75, 3.05) is 6.61 Å². The number of hydrogen-bond acceptors (Lipinski definition) is 3. The van der Waals surface area contributed by atoms with Crippen molar-refractivity contribution >= 4 is 17.4 Å². The van der Waals surface area contributed by atoms with Crippen LogP contribution in [0.3, 0.4) is 0 Å². The van der Waals surface area contributed by atoms with Crippen LogP contribution in [0.15, 0.2) is 17.3 Å². The molecule has 1 aromatic rings. The lowest BCUT2D eigenvalue weighted by atomic mass is 10.1. The molecule has 82 valence electrons. The summed E-state index contributed by atoms with van der Waals surface area (Å²) in [6.07, 6.45) is 0. The Bertz CT molecular complexity index is 368. The second-order valence-corrected chi connectivity index (χ2v) is 3.63. The van der Waals surface area contributed by atoms with Gasteiger partial charge < -0.3 is 15.7 Å². The van der Waals surface area contributed by atoms with E-state index >= 15 is 0 Å². The molecular weight excluding hydrogens is 216 g/mol. The van der Waals surface area contributed by atoms with E-state index in [1.165, 1.54) is 0 Å². The van der Waals surface area contributed by atoms with Crippen molar-refractivity contribution in [2.45, 2.75) is 13.8 Å². The largest absolute Gasteiger partial charge is 0.486 e. The summed E-state index contributed by atoms with van der Waals surface area (Å²) in [5, 5.41) is 11.9. The topological polar surface area (TPSA) is 67.8 Å². The molecule has 0 aromatic heterocycles. The quantitative estimate of drug-likeness (QED) is 0.360. The second-order valence-electron chi connectivity index (χ2n) is 3.25. The third kappa shape index (κ3) is 3.02. The van der Waals surface area contributed by atoms with Gasteiger partial charge in [0.2, 0.25) is 0 Å². The first-order valence-corrected chi connectivity index (χ1v) is 4.78. The van der Waals surface area contributed by atoms with Crippen molar-refractivity contribution in [3.05, 3.63) is 28.3 Å². The number of nitrogens with zero attached hydrogens (tertiary/aromatic N) is 1. The lowest BCUT2D eigenvalue weighted by molar-refractivity contribution is 0.306. The summed E-state index contributed by atoms with van der Waals surface area (Å²) in [6.45, 7) is 3.84. The van der Waals surface area contributed by atoms with E-state index in [0.717, 1.165) is 16.1 Å². The number of rotatable bonds is 3. The molecule has 0 heterocycles. The van der Waals surface area contributed by atoms with Crippen molar-refractivity contribution < 1.29 is 9.94 Å². The molecule has 0 radical (unpaired) electrons. The van der Waals surface area contributed by atoms with Crippen molar-refractivity contribution in [3.8, 4) is 5.75 Å². The molecule has 4 nitrogen and oxygen atoms in total. The molecule has 0 saturated carbocycles. The number of nitrogens with two attached hydrogens (primary N) is 1. The van der Waals surface area contributed by atoms with Gasteiger partial charge in [-0.1, -0.05) is 16.8 Å². The van der Waals surface area contributed by atoms with Crippen LogP contribution < -0.4 is 10.5 Å². The van der Waals surface area contributed by atoms with Crippen LogP contribution in [0.1, 0.15) is 11.1 Å². The molecule has 0 aliphatic carbocycles. The summed E-state index contributed by atoms with van der Waals surface area (Å²) in [4.78, 5) is 0. The number of halogens is 1. The Kier molecular flexibility index (Phi) is 3.80. The molecule has 0 unspecified atom stereocenters. The maximum absolute atomic E-state index is 8.33. The number of aryl methyl sites for hydroxylation is 2. The van der Waals surface area contributed by atoms with Crippen LogP contribution in [-0.4, -0.2) is 17.6 Å². The number of hydrogen-bond donors (Lipinski definition) is 2. The highest BCUT2D eigenvalue weighted by molar-refractivity contribution is 6.32. The first-order chi connectivity index (χ1) is 7.04. The van der Waals surface area contributed by atoms with Crippen LogP contribution in [0.2, 0.25) is 5.02 Å². The lowest BCUT2D eigenvalue weighted by Gasteiger charge is -2.08. The summed E-state index contributed by atoms with van der Waals surface area (Å²) < 4.78 is 5.30. The standard InChI is InChI=1S/C10H13ClN2O2/c1-6-3-8(4-7(2)10(6)11)15-5-9(12)13-14/h3-4,14H,5H2,1-2H3,(H2,12,13). The van der Waals surface area contributed by atoms with Gasteiger partial charge in [-0.25, -0.2) is 0 Å². The Labute approximate surface area is 93.3 Å². The monoisotopic (exact) mass is 228 g/mol. The van der Waals surface area contributed by atoms with E-state index < -0.39 is 0 Å². The minimum absolute atomic E-state index is 0.0280. The second kappa shape index (κ2) is 4.89. The van der Waals surface area contributed by atoms with Gasteiger partial charge in [0.1, 0.15) is 12.4 Å². The maximum Gasteiger partial charge on any atom is 0.177 e. The van der Waals surface area contributed by atoms with Crippen molar-refractivity contribution in [1.82, 2.24) is 0 Å². The summed E-state index contributed by atoms with van der Waals surface area (Å²) in [5.74, 6) is 0.682. The molecule has 0 saturated heterocycles. The molecule has 0 amide bonds. The van der Waals surface area contributed by atoms with Crippen molar-refractivity contribution in [3.63, 3.8) is 0 Å². The molecule has 0 aliphatic rings. The van der Waals surface area contributed by atoms with E-state index in [1.807, 2.05) is 13.8 Å². The fraction of sp³-hybridized carbons (Fsp3) is 0.300. The van der Waals surface area contributed by atoms with E-state index in [2.05, 4.69) is 5.16 Å². The normalized spacial score (nSPS) is 11.5. The number of amidine groups is 1. The van der Waals surface area contributed by atoms with E-state index in [0.29, 0.717) is 5.75 Å². The smallest absolute Gasteiger partial charge is 0.177 e. The van der Waals surface area contributed by atoms with Crippen LogP contribution in [0.5, 0.6) is 5.75 Å². The van der Waals surface area contributed by atoms with Crippen LogP contribution in [-0.2, 0) is 0 Å². The van der Waals surface area contributed by atoms with Crippen LogP contribution >= 0.6 is 11.6 Å². The fourth-order valence-corrected chi connectivity index (χ4v) is 1.28. The molecule has 0 atom stereocenters. The van der Waals surface area contributed by atoms with Gasteiger partial charge in [0, 0.05) is 5.02 Å². The van der Waals surface area contributed by atoms with Gasteiger partial charge in [0.05, 0.1) is 0 Å². The molecule has 3 N–H and O–H groups in total. The van der Waals surface area contributed by atoms with E-state index in [9.17, 15) is 0 Å². The van der Waals surface area contributed by atoms with E-state index in [-0.39, 0.29) is 12.4 Å². The zero-order valence-electron chi connectivity index (χ0n) is 8.62. The number of benzene rings is 1. The van der Waals surface area contributed by atoms with Crippen molar-refractivity contribution in [2.24, 2.45) is 10.9 Å². The molecular formula is C10H13ClN2O2. The van der Waals surface area contributed by atoms with Gasteiger partial charge in [0.15, 0.2) is 5.84 Å². The summed E-state index contributed by atoms with van der Waals surface area (Å²) in [5.41, 5.74) is 7.15. The molecule has 1 aromatic carbocycles. The van der Waals surface area contributed by atoms with Crippen LogP contribution in [0.25, 0.3) is 0 Å². The fourth-order valence-electron chi connectivity index (χ4n) is 1.18. The van der Waals surface area contributed by atoms with Gasteiger partial charge in [-0.3, -0.25) is 0 Å². The summed E-state index contributed by atoms with van der Waals surface area (Å²) in [6, 6.07) is 3.61. The average Bonchev–Trinajstić information content (AvgIpc) is 2.22. The zero-order valence-corrected chi connectivity index (χ0v) is 9.38. The summed E-state index contributed by atoms with van der Waals surface area (Å²) in [7, 11) is 0. The SMILES string of the molecule is Cc1cc(OC/C(N)=N\O)cc(C)c1Cl. The minimum atomic E-state index is 0.0280. The van der Waals surface area contributed by atoms with E-state index in [1.54, 1.807) is 12.1 Å². The molecule has 15 heavy (non-hydrogen) atoms. The van der Waals surface area contributed by atoms with Crippen molar-refractivity contribution in [1.29, 1.82) is 0 Å². The molecule has 0 fully saturated rings. The predicted octanol–water partition coefficient (Wildman–Crippen LogP) is 2.08. The van der Waals surface area contributed by atoms with Gasteiger partial charge in [-0.2, -0.15) is 0 Å². The summed E-state index contributed by atoms with van der Waals surface area (Å²) >= 11 is 6.00. The number of oxime groups is 1. The maximum atomic E-state index is 8.33. The predicted molar refractivity (Wildman–Crippen MR) is 59.8 cm³/mol. The number of ether oxygens (including phenoxy) is 1. The van der Waals surface area contributed by atoms with Gasteiger partial charge in [-0.15, -0.1) is 0 Å². The van der Waals surface area contributed by atoms with Crippen LogP contribution in [0, 0.1) is 13.8 Å². The Morgan fingerprint density at radius 3 is 2.47 bits per heavy atom. The van der Waals surface area contributed by atoms with Gasteiger partial charge >= 0.3 is 0 Å². The third-order valence-corrected chi connectivity index (χ3v) is 2.52. The Morgan fingerprint density at radius 1 is 1.47 bits per heavy atom. The molecule has 0 aliphatic heterocycles. The lowest BCUT2D eigenvalue weighted by Crippen LogP contribution is -2.20. The molecule has 0 spiro atoms. The Morgan fingerprint density at radius 2 is 2.00 bits per heavy atom. The Hall–Kier alpha value is -1.42. The zero-order chi connectivity index (χ0) is 11.4. The average molecular weight is 229 g/mol. The van der Waals surface area contributed by atoms with Crippen LogP contribution in [0.4, 0.5) is 0 Å². The Balaban J connectivity index is 2.79. The highest BCUT2D eigenvalue weighted by Gasteiger charge is 2.04. The van der Waals surface area contributed by atoms with E-state index in [4.69, 9.17) is 27.3 Å². The third-order valence-electron chi connectivity index (χ3n) is 1.93. The highest BCUT2D eigenvalue weighted by Crippen LogP contribution is 2.25. The molecule has 1 rings (SSSR count). The van der Waals surface area contributed by atoms with Gasteiger partial charge in [0.25, 0.3) is 0 Å². The highest BCUT2D eigenvalue weighted by atomic mass is 35.5. The molecule has 5 heteroatoms. The minimum Gasteiger partial charge on any atom is -0.486 e.